The van der Waals surface area contributed by atoms with Crippen LogP contribution in [-0.4, -0.2) is 38.0 Å². The van der Waals surface area contributed by atoms with Gasteiger partial charge in [0.1, 0.15) is 17.5 Å². The number of ether oxygens (including phenoxy) is 2. The Labute approximate surface area is 210 Å². The molecular weight excluding hydrogens is 458 g/mol. The van der Waals surface area contributed by atoms with Crippen LogP contribution in [0.15, 0.2) is 60.7 Å². The summed E-state index contributed by atoms with van der Waals surface area (Å²) in [5.74, 6) is -0.765. The van der Waals surface area contributed by atoms with Gasteiger partial charge in [0.25, 0.3) is 5.91 Å². The van der Waals surface area contributed by atoms with Crippen LogP contribution in [0.2, 0.25) is 0 Å². The molecule has 0 saturated carbocycles. The first-order valence-corrected chi connectivity index (χ1v) is 11.6. The van der Waals surface area contributed by atoms with E-state index in [4.69, 9.17) is 15.2 Å². The number of imide groups is 1. The van der Waals surface area contributed by atoms with Gasteiger partial charge in [-0.3, -0.25) is 14.4 Å². The molecule has 1 heterocycles. The number of rotatable bonds is 6. The molecule has 1 unspecified atom stereocenters. The number of nitrogen functional groups attached to an aromatic ring is 1. The molecule has 0 aromatic heterocycles. The summed E-state index contributed by atoms with van der Waals surface area (Å²) in [6, 6.07) is 16.9. The standard InChI is InChI=1S/C28H29N3O5/c1-16-21-8-5-6-9-22(21)26-23(29)10-7-11-24(26)31(27(16)33)28(34)17(2)30-25(32)14-18-12-19(35-3)15-20(13-18)36-4/h5-13,15-17H,14,29H2,1-4H3,(H,30,32)/t16?,17-/m0/s1. The molecule has 3 amide bonds. The third kappa shape index (κ3) is 4.62. The zero-order valence-corrected chi connectivity index (χ0v) is 20.7. The minimum Gasteiger partial charge on any atom is -0.497 e. The van der Waals surface area contributed by atoms with Crippen molar-refractivity contribution in [3.05, 3.63) is 71.8 Å². The molecule has 0 aliphatic carbocycles. The van der Waals surface area contributed by atoms with Gasteiger partial charge in [0.05, 0.1) is 32.2 Å². The molecule has 3 aromatic rings. The van der Waals surface area contributed by atoms with Crippen LogP contribution in [-0.2, 0) is 20.8 Å². The van der Waals surface area contributed by atoms with Gasteiger partial charge in [-0.05, 0) is 54.8 Å². The second-order valence-electron chi connectivity index (χ2n) is 8.75. The highest BCUT2D eigenvalue weighted by molar-refractivity contribution is 6.22. The van der Waals surface area contributed by atoms with E-state index in [0.717, 1.165) is 16.0 Å². The lowest BCUT2D eigenvalue weighted by atomic mass is 9.92. The van der Waals surface area contributed by atoms with Gasteiger partial charge in [0.2, 0.25) is 11.8 Å². The van der Waals surface area contributed by atoms with Crippen molar-refractivity contribution >= 4 is 29.1 Å². The number of anilines is 2. The summed E-state index contributed by atoms with van der Waals surface area (Å²) >= 11 is 0. The maximum Gasteiger partial charge on any atom is 0.256 e. The Morgan fingerprint density at radius 3 is 2.36 bits per heavy atom. The number of hydrogen-bond donors (Lipinski definition) is 2. The lowest BCUT2D eigenvalue weighted by Gasteiger charge is -2.26. The highest BCUT2D eigenvalue weighted by Crippen LogP contribution is 2.44. The molecule has 2 atom stereocenters. The van der Waals surface area contributed by atoms with Crippen LogP contribution in [0.3, 0.4) is 0 Å². The van der Waals surface area contributed by atoms with Gasteiger partial charge in [0, 0.05) is 17.3 Å². The third-order valence-electron chi connectivity index (χ3n) is 6.35. The lowest BCUT2D eigenvalue weighted by molar-refractivity contribution is -0.131. The van der Waals surface area contributed by atoms with Crippen LogP contribution in [0.25, 0.3) is 11.1 Å². The minimum absolute atomic E-state index is 0.00447. The summed E-state index contributed by atoms with van der Waals surface area (Å²) in [5.41, 5.74) is 10.1. The smallest absolute Gasteiger partial charge is 0.256 e. The molecule has 3 aromatic carbocycles. The van der Waals surface area contributed by atoms with Gasteiger partial charge in [-0.25, -0.2) is 4.90 Å². The average Bonchev–Trinajstić information content (AvgIpc) is 2.96. The van der Waals surface area contributed by atoms with Crippen molar-refractivity contribution in [3.63, 3.8) is 0 Å². The summed E-state index contributed by atoms with van der Waals surface area (Å²) in [5, 5.41) is 2.73. The number of amides is 3. The molecule has 4 rings (SSSR count). The second-order valence-corrected chi connectivity index (χ2v) is 8.75. The fraction of sp³-hybridized carbons (Fsp3) is 0.250. The number of carbonyl (C=O) groups is 3. The molecule has 186 valence electrons. The molecule has 0 bridgehead atoms. The molecule has 0 fully saturated rings. The summed E-state index contributed by atoms with van der Waals surface area (Å²) in [7, 11) is 3.06. The quantitative estimate of drug-likeness (QED) is 0.513. The fourth-order valence-electron chi connectivity index (χ4n) is 4.51. The van der Waals surface area contributed by atoms with E-state index in [0.29, 0.717) is 34.0 Å². The zero-order valence-electron chi connectivity index (χ0n) is 20.7. The molecular formula is C28H29N3O5. The average molecular weight is 488 g/mol. The van der Waals surface area contributed by atoms with Gasteiger partial charge in [-0.15, -0.1) is 0 Å². The van der Waals surface area contributed by atoms with Crippen LogP contribution in [0.5, 0.6) is 11.5 Å². The molecule has 3 N–H and O–H groups in total. The van der Waals surface area contributed by atoms with Crippen LogP contribution < -0.4 is 25.4 Å². The topological polar surface area (TPSA) is 111 Å². The Morgan fingerprint density at radius 2 is 1.69 bits per heavy atom. The number of hydrogen-bond acceptors (Lipinski definition) is 6. The van der Waals surface area contributed by atoms with Gasteiger partial charge in [-0.2, -0.15) is 0 Å². The molecule has 8 heteroatoms. The summed E-state index contributed by atoms with van der Waals surface area (Å²) in [6.45, 7) is 3.33. The van der Waals surface area contributed by atoms with Crippen LogP contribution in [0.1, 0.15) is 30.9 Å². The number of methoxy groups -OCH3 is 2. The largest absolute Gasteiger partial charge is 0.497 e. The first-order chi connectivity index (χ1) is 17.2. The number of fused-ring (bicyclic) bond motifs is 3. The first kappa shape index (κ1) is 24.8. The van der Waals surface area contributed by atoms with Crippen molar-refractivity contribution in [2.75, 3.05) is 24.9 Å². The number of carbonyl (C=O) groups excluding carboxylic acids is 3. The highest BCUT2D eigenvalue weighted by atomic mass is 16.5. The second kappa shape index (κ2) is 10.1. The Bertz CT molecular complexity index is 1310. The molecule has 8 nitrogen and oxygen atoms in total. The number of nitrogens with two attached hydrogens (primary N) is 1. The lowest BCUT2D eigenvalue weighted by Crippen LogP contribution is -2.50. The van der Waals surface area contributed by atoms with Crippen molar-refractivity contribution < 1.29 is 23.9 Å². The molecule has 0 saturated heterocycles. The SMILES string of the molecule is COc1cc(CC(=O)N[C@@H](C)C(=O)N2C(=O)C(C)c3ccccc3-c3c(N)cccc32)cc(OC)c1. The predicted molar refractivity (Wildman–Crippen MR) is 138 cm³/mol. The molecule has 0 radical (unpaired) electrons. The summed E-state index contributed by atoms with van der Waals surface area (Å²) < 4.78 is 10.5. The Balaban J connectivity index is 1.61. The van der Waals surface area contributed by atoms with Crippen molar-refractivity contribution in [3.8, 4) is 22.6 Å². The fourth-order valence-corrected chi connectivity index (χ4v) is 4.51. The van der Waals surface area contributed by atoms with Crippen LogP contribution >= 0.6 is 0 Å². The summed E-state index contributed by atoms with van der Waals surface area (Å²) in [6.07, 6.45) is 0.00447. The van der Waals surface area contributed by atoms with Gasteiger partial charge < -0.3 is 20.5 Å². The number of nitrogens with one attached hydrogen (secondary N) is 1. The molecule has 0 spiro atoms. The van der Waals surface area contributed by atoms with E-state index in [1.54, 1.807) is 50.2 Å². The van der Waals surface area contributed by atoms with Crippen molar-refractivity contribution in [1.82, 2.24) is 5.32 Å². The van der Waals surface area contributed by atoms with Gasteiger partial charge in [-0.1, -0.05) is 30.3 Å². The van der Waals surface area contributed by atoms with E-state index in [-0.39, 0.29) is 18.2 Å². The maximum absolute atomic E-state index is 13.6. The van der Waals surface area contributed by atoms with E-state index >= 15 is 0 Å². The number of nitrogens with zero attached hydrogens (tertiary/aromatic N) is 1. The monoisotopic (exact) mass is 487 g/mol. The molecule has 1 aliphatic heterocycles. The van der Waals surface area contributed by atoms with Crippen molar-refractivity contribution in [2.45, 2.75) is 32.2 Å². The zero-order chi connectivity index (χ0) is 26.0. The van der Waals surface area contributed by atoms with E-state index in [1.807, 2.05) is 24.3 Å². The minimum atomic E-state index is -0.961. The first-order valence-electron chi connectivity index (χ1n) is 11.6. The van der Waals surface area contributed by atoms with E-state index < -0.39 is 17.9 Å². The van der Waals surface area contributed by atoms with E-state index in [1.165, 1.54) is 14.2 Å². The van der Waals surface area contributed by atoms with Gasteiger partial charge in [0.15, 0.2) is 0 Å². The Hall–Kier alpha value is -4.33. The third-order valence-corrected chi connectivity index (χ3v) is 6.35. The van der Waals surface area contributed by atoms with E-state index in [9.17, 15) is 14.4 Å². The molecule has 36 heavy (non-hydrogen) atoms. The predicted octanol–water partition coefficient (Wildman–Crippen LogP) is 3.68. The van der Waals surface area contributed by atoms with Crippen LogP contribution in [0, 0.1) is 0 Å². The highest BCUT2D eigenvalue weighted by Gasteiger charge is 2.37. The normalized spacial score (nSPS) is 15.3. The van der Waals surface area contributed by atoms with E-state index in [2.05, 4.69) is 5.32 Å². The maximum atomic E-state index is 13.6. The Morgan fingerprint density at radius 1 is 1.03 bits per heavy atom. The van der Waals surface area contributed by atoms with Crippen molar-refractivity contribution in [1.29, 1.82) is 0 Å². The van der Waals surface area contributed by atoms with Crippen molar-refractivity contribution in [2.24, 2.45) is 0 Å². The van der Waals surface area contributed by atoms with Crippen LogP contribution in [0.4, 0.5) is 11.4 Å². The van der Waals surface area contributed by atoms with Gasteiger partial charge >= 0.3 is 0 Å². The number of benzene rings is 3. The summed E-state index contributed by atoms with van der Waals surface area (Å²) in [4.78, 5) is 41.2. The Kier molecular flexibility index (Phi) is 6.96. The molecule has 1 aliphatic rings.